The SMILES string of the molecule is CN(C(=O)OCOC(=O)CNC(=O)C(F)(F)F)C1CCCCC1=O. The zero-order chi connectivity index (χ0) is 18.3. The monoisotopic (exact) mass is 354 g/mol. The van der Waals surface area contributed by atoms with Crippen molar-refractivity contribution in [1.82, 2.24) is 10.2 Å². The summed E-state index contributed by atoms with van der Waals surface area (Å²) in [4.78, 5) is 46.1. The molecule has 8 nitrogen and oxygen atoms in total. The van der Waals surface area contributed by atoms with E-state index in [1.165, 1.54) is 12.4 Å². The van der Waals surface area contributed by atoms with Gasteiger partial charge in [0, 0.05) is 13.5 Å². The van der Waals surface area contributed by atoms with Gasteiger partial charge < -0.3 is 19.7 Å². The number of hydrogen-bond donors (Lipinski definition) is 1. The minimum Gasteiger partial charge on any atom is -0.426 e. The number of nitrogens with zero attached hydrogens (tertiary/aromatic N) is 1. The molecule has 0 aromatic heterocycles. The van der Waals surface area contributed by atoms with Gasteiger partial charge in [0.1, 0.15) is 6.54 Å². The van der Waals surface area contributed by atoms with Crippen LogP contribution in [0, 0.1) is 0 Å². The molecule has 1 aliphatic rings. The number of likely N-dealkylation sites (N-methyl/N-ethyl adjacent to an activating group) is 1. The second kappa shape index (κ2) is 8.50. The van der Waals surface area contributed by atoms with Crippen LogP contribution in [-0.2, 0) is 23.9 Å². The van der Waals surface area contributed by atoms with Crippen molar-refractivity contribution in [2.45, 2.75) is 37.9 Å². The molecule has 0 aromatic carbocycles. The fraction of sp³-hybridized carbons (Fsp3) is 0.692. The zero-order valence-corrected chi connectivity index (χ0v) is 12.9. The number of hydrogen-bond acceptors (Lipinski definition) is 6. The fourth-order valence-corrected chi connectivity index (χ4v) is 2.05. The van der Waals surface area contributed by atoms with Gasteiger partial charge >= 0.3 is 24.1 Å². The first-order valence-electron chi connectivity index (χ1n) is 7.06. The van der Waals surface area contributed by atoms with E-state index in [1.807, 2.05) is 0 Å². The highest BCUT2D eigenvalue weighted by Gasteiger charge is 2.38. The number of esters is 1. The van der Waals surface area contributed by atoms with Crippen molar-refractivity contribution in [1.29, 1.82) is 0 Å². The van der Waals surface area contributed by atoms with Crippen LogP contribution in [0.25, 0.3) is 0 Å². The van der Waals surface area contributed by atoms with E-state index in [4.69, 9.17) is 0 Å². The van der Waals surface area contributed by atoms with Gasteiger partial charge in [-0.3, -0.25) is 14.4 Å². The van der Waals surface area contributed by atoms with Crippen LogP contribution in [0.15, 0.2) is 0 Å². The van der Waals surface area contributed by atoms with E-state index in [-0.39, 0.29) is 5.78 Å². The molecule has 0 aromatic rings. The Labute approximate surface area is 135 Å². The Balaban J connectivity index is 2.28. The second-order valence-corrected chi connectivity index (χ2v) is 5.06. The summed E-state index contributed by atoms with van der Waals surface area (Å²) >= 11 is 0. The van der Waals surface area contributed by atoms with Crippen LogP contribution in [0.4, 0.5) is 18.0 Å². The van der Waals surface area contributed by atoms with Crippen LogP contribution in [0.2, 0.25) is 0 Å². The summed E-state index contributed by atoms with van der Waals surface area (Å²) in [5.41, 5.74) is 0. The third kappa shape index (κ3) is 6.05. The average Bonchev–Trinajstić information content (AvgIpc) is 2.51. The van der Waals surface area contributed by atoms with E-state index in [9.17, 15) is 32.3 Å². The van der Waals surface area contributed by atoms with Crippen molar-refractivity contribution >= 4 is 23.8 Å². The number of nitrogens with one attached hydrogen (secondary N) is 1. The lowest BCUT2D eigenvalue weighted by Gasteiger charge is -2.29. The summed E-state index contributed by atoms with van der Waals surface area (Å²) in [6, 6.07) is -0.604. The highest BCUT2D eigenvalue weighted by atomic mass is 19.4. The van der Waals surface area contributed by atoms with E-state index < -0.39 is 43.5 Å². The highest BCUT2D eigenvalue weighted by Crippen LogP contribution is 2.19. The maximum atomic E-state index is 11.9. The van der Waals surface area contributed by atoms with Crippen molar-refractivity contribution in [2.24, 2.45) is 0 Å². The molecule has 1 aliphatic carbocycles. The standard InChI is InChI=1S/C13H17F3N2O6/c1-18(8-4-2-3-5-9(8)19)12(22)24-7-23-10(20)6-17-11(21)13(14,15)16/h8H,2-7H2,1H3,(H,17,21). The maximum Gasteiger partial charge on any atom is 0.471 e. The van der Waals surface area contributed by atoms with Crippen LogP contribution in [0.3, 0.4) is 0 Å². The minimum atomic E-state index is -5.11. The third-order valence-corrected chi connectivity index (χ3v) is 3.33. The van der Waals surface area contributed by atoms with Gasteiger partial charge in [-0.15, -0.1) is 0 Å². The summed E-state index contributed by atoms with van der Waals surface area (Å²) in [6.07, 6.45) is -3.57. The highest BCUT2D eigenvalue weighted by molar-refractivity contribution is 5.88. The third-order valence-electron chi connectivity index (χ3n) is 3.33. The molecule has 0 heterocycles. The van der Waals surface area contributed by atoms with E-state index in [1.54, 1.807) is 0 Å². The molecule has 1 atom stereocenters. The predicted octanol–water partition coefficient (Wildman–Crippen LogP) is 0.746. The number of carbonyl (C=O) groups is 4. The number of Topliss-reactive ketones (excluding diaryl/α,β-unsaturated/α-hetero) is 1. The minimum absolute atomic E-state index is 0.0902. The van der Waals surface area contributed by atoms with Crippen LogP contribution < -0.4 is 5.32 Å². The molecule has 1 fully saturated rings. The number of halogens is 3. The van der Waals surface area contributed by atoms with Crippen LogP contribution in [0.1, 0.15) is 25.7 Å². The molecule has 2 amide bonds. The molecule has 1 rings (SSSR count). The Kier molecular flexibility index (Phi) is 6.98. The van der Waals surface area contributed by atoms with Gasteiger partial charge in [0.25, 0.3) is 0 Å². The summed E-state index contributed by atoms with van der Waals surface area (Å²) in [5, 5.41) is 1.31. The Hall–Kier alpha value is -2.33. The largest absolute Gasteiger partial charge is 0.471 e. The fourth-order valence-electron chi connectivity index (χ4n) is 2.05. The Morgan fingerprint density at radius 2 is 1.92 bits per heavy atom. The molecule has 0 radical (unpaired) electrons. The molecule has 1 unspecified atom stereocenters. The summed E-state index contributed by atoms with van der Waals surface area (Å²) in [7, 11) is 1.36. The van der Waals surface area contributed by atoms with E-state index in [2.05, 4.69) is 9.47 Å². The van der Waals surface area contributed by atoms with Crippen LogP contribution in [-0.4, -0.2) is 61.3 Å². The molecule has 0 bridgehead atoms. The first-order chi connectivity index (χ1) is 11.1. The Morgan fingerprint density at radius 1 is 1.25 bits per heavy atom. The van der Waals surface area contributed by atoms with Crippen molar-refractivity contribution < 1.29 is 41.8 Å². The zero-order valence-electron chi connectivity index (χ0n) is 12.9. The van der Waals surface area contributed by atoms with Gasteiger partial charge in [0.05, 0.1) is 6.04 Å². The van der Waals surface area contributed by atoms with E-state index in [0.29, 0.717) is 12.8 Å². The lowest BCUT2D eigenvalue weighted by Crippen LogP contribution is -2.44. The normalized spacial score (nSPS) is 17.8. The van der Waals surface area contributed by atoms with E-state index >= 15 is 0 Å². The number of rotatable bonds is 5. The summed E-state index contributed by atoms with van der Waals surface area (Å²) < 4.78 is 44.6. The summed E-state index contributed by atoms with van der Waals surface area (Å²) in [5.74, 6) is -3.59. The molecular weight excluding hydrogens is 337 g/mol. The molecule has 136 valence electrons. The number of ether oxygens (including phenoxy) is 2. The lowest BCUT2D eigenvalue weighted by atomic mass is 9.93. The molecule has 1 saturated carbocycles. The average molecular weight is 354 g/mol. The van der Waals surface area contributed by atoms with Crippen LogP contribution >= 0.6 is 0 Å². The first kappa shape index (κ1) is 19.7. The number of amides is 2. The number of carbonyl (C=O) groups excluding carboxylic acids is 4. The molecule has 0 saturated heterocycles. The maximum absolute atomic E-state index is 11.9. The lowest BCUT2D eigenvalue weighted by molar-refractivity contribution is -0.175. The number of alkyl halides is 3. The number of ketones is 1. The predicted molar refractivity (Wildman–Crippen MR) is 71.5 cm³/mol. The van der Waals surface area contributed by atoms with Gasteiger partial charge in [0.2, 0.25) is 6.79 Å². The second-order valence-electron chi connectivity index (χ2n) is 5.06. The Morgan fingerprint density at radius 3 is 2.50 bits per heavy atom. The molecular formula is C13H17F3N2O6. The van der Waals surface area contributed by atoms with Gasteiger partial charge in [-0.25, -0.2) is 4.79 Å². The Bertz CT molecular complexity index is 508. The molecule has 11 heteroatoms. The quantitative estimate of drug-likeness (QED) is 0.577. The first-order valence-corrected chi connectivity index (χ1v) is 7.06. The topological polar surface area (TPSA) is 102 Å². The smallest absolute Gasteiger partial charge is 0.426 e. The van der Waals surface area contributed by atoms with Gasteiger partial charge in [0.15, 0.2) is 5.78 Å². The van der Waals surface area contributed by atoms with Crippen molar-refractivity contribution in [3.05, 3.63) is 0 Å². The molecule has 24 heavy (non-hydrogen) atoms. The van der Waals surface area contributed by atoms with Crippen molar-refractivity contribution in [3.63, 3.8) is 0 Å². The van der Waals surface area contributed by atoms with E-state index in [0.717, 1.165) is 17.7 Å². The van der Waals surface area contributed by atoms with Crippen LogP contribution in [0.5, 0.6) is 0 Å². The molecule has 0 spiro atoms. The van der Waals surface area contributed by atoms with Gasteiger partial charge in [-0.1, -0.05) is 6.42 Å². The van der Waals surface area contributed by atoms with Gasteiger partial charge in [-0.05, 0) is 12.8 Å². The molecule has 1 N–H and O–H groups in total. The summed E-state index contributed by atoms with van der Waals surface area (Å²) in [6.45, 7) is -1.86. The molecule has 0 aliphatic heterocycles. The van der Waals surface area contributed by atoms with Crippen molar-refractivity contribution in [2.75, 3.05) is 20.4 Å². The van der Waals surface area contributed by atoms with Crippen molar-refractivity contribution in [3.8, 4) is 0 Å². The van der Waals surface area contributed by atoms with Gasteiger partial charge in [-0.2, -0.15) is 13.2 Å².